The summed E-state index contributed by atoms with van der Waals surface area (Å²) >= 11 is 1.53. The number of fused-ring (bicyclic) bond motifs is 5. The number of thiophene rings is 1. The maximum Gasteiger partial charge on any atom is 0.186 e. The third-order valence-electron chi connectivity index (χ3n) is 11.0. The molecule has 5 atom stereocenters. The Morgan fingerprint density at radius 2 is 2.02 bits per heavy atom. The zero-order valence-corrected chi connectivity index (χ0v) is 27.5. The monoisotopic (exact) mass is 643 g/mol. The number of likely N-dealkylation sites (N-methyl/N-ethyl adjacent to an activating group) is 1. The third-order valence-corrected chi connectivity index (χ3v) is 12.0. The number of nitrogens with zero attached hydrogens (tertiary/aromatic N) is 8. The maximum absolute atomic E-state index is 11.1. The van der Waals surface area contributed by atoms with Crippen LogP contribution in [0.3, 0.4) is 0 Å². The molecule has 46 heavy (non-hydrogen) atoms. The van der Waals surface area contributed by atoms with Crippen molar-refractivity contribution in [2.45, 2.75) is 101 Å². The minimum Gasteiger partial charge on any atom is -0.391 e. The molecule has 0 amide bonds. The fourth-order valence-electron chi connectivity index (χ4n) is 9.01. The molecule has 2 saturated heterocycles. The van der Waals surface area contributed by atoms with Crippen LogP contribution in [-0.2, 0) is 18.3 Å². The van der Waals surface area contributed by atoms with Gasteiger partial charge in [0, 0.05) is 36.0 Å². The van der Waals surface area contributed by atoms with Gasteiger partial charge < -0.3 is 30.3 Å². The molecule has 4 aromatic heterocycles. The van der Waals surface area contributed by atoms with Crippen molar-refractivity contribution in [3.8, 4) is 17.6 Å². The van der Waals surface area contributed by atoms with Crippen LogP contribution in [0.5, 0.6) is 0 Å². The number of aryl methyl sites for hydroxylation is 1. The van der Waals surface area contributed by atoms with Gasteiger partial charge in [0.05, 0.1) is 40.3 Å². The Morgan fingerprint density at radius 3 is 2.76 bits per heavy atom. The minimum atomic E-state index is -1.08. The number of hydrogen-bond acceptors (Lipinski definition) is 12. The second-order valence-corrected chi connectivity index (χ2v) is 15.4. The number of hydrogen-bond donors (Lipinski definition) is 3. The molecule has 8 rings (SSSR count). The summed E-state index contributed by atoms with van der Waals surface area (Å²) in [6.07, 6.45) is 8.98. The molecule has 4 aromatic rings. The van der Waals surface area contributed by atoms with Crippen LogP contribution in [-0.4, -0.2) is 84.4 Å². The summed E-state index contributed by atoms with van der Waals surface area (Å²) in [4.78, 5) is 15.8. The molecule has 4 N–H and O–H groups in total. The molecule has 4 aliphatic rings. The lowest BCUT2D eigenvalue weighted by molar-refractivity contribution is -0.00801. The van der Waals surface area contributed by atoms with Gasteiger partial charge in [0.25, 0.3) is 0 Å². The van der Waals surface area contributed by atoms with E-state index in [0.717, 1.165) is 80.2 Å². The van der Waals surface area contributed by atoms with Gasteiger partial charge in [-0.25, -0.2) is 14.6 Å². The van der Waals surface area contributed by atoms with E-state index in [-0.39, 0.29) is 6.04 Å². The molecule has 6 heterocycles. The molecular formula is C33H41N9O3S. The quantitative estimate of drug-likeness (QED) is 0.295. The van der Waals surface area contributed by atoms with Crippen molar-refractivity contribution in [2.75, 3.05) is 37.3 Å². The highest BCUT2D eigenvalue weighted by atomic mass is 32.1. The lowest BCUT2D eigenvalue weighted by atomic mass is 9.63. The average Bonchev–Trinajstić information content (AvgIpc) is 3.80. The molecule has 12 nitrogen and oxygen atoms in total. The third kappa shape index (κ3) is 4.48. The number of β-amino-alcohol motifs (C(OH)–C–C–N with tert-alkyl or cyclic N) is 2. The fraction of sp³-hybridized carbons (Fsp3) is 0.606. The van der Waals surface area contributed by atoms with Crippen molar-refractivity contribution in [1.82, 2.24) is 29.8 Å². The predicted molar refractivity (Wildman–Crippen MR) is 175 cm³/mol. The number of nitrogen functional groups attached to an aromatic ring is 1. The summed E-state index contributed by atoms with van der Waals surface area (Å²) in [5, 5.41) is 42.8. The van der Waals surface area contributed by atoms with Crippen molar-refractivity contribution in [3.05, 3.63) is 33.5 Å². The zero-order chi connectivity index (χ0) is 32.0. The Kier molecular flexibility index (Phi) is 6.96. The summed E-state index contributed by atoms with van der Waals surface area (Å²) in [6.45, 7) is 5.66. The van der Waals surface area contributed by atoms with E-state index >= 15 is 0 Å². The van der Waals surface area contributed by atoms with E-state index in [9.17, 15) is 15.5 Å². The first-order chi connectivity index (χ1) is 22.1. The van der Waals surface area contributed by atoms with Crippen molar-refractivity contribution >= 4 is 33.2 Å². The molecule has 0 aromatic carbocycles. The van der Waals surface area contributed by atoms with E-state index in [1.54, 1.807) is 6.92 Å². The van der Waals surface area contributed by atoms with Gasteiger partial charge in [0.2, 0.25) is 0 Å². The smallest absolute Gasteiger partial charge is 0.186 e. The van der Waals surface area contributed by atoms with Crippen LogP contribution in [0.4, 0.5) is 10.8 Å². The average molecular weight is 644 g/mol. The molecule has 2 aliphatic heterocycles. The second kappa shape index (κ2) is 10.7. The molecule has 2 aliphatic carbocycles. The van der Waals surface area contributed by atoms with Crippen LogP contribution in [0.1, 0.15) is 92.2 Å². The summed E-state index contributed by atoms with van der Waals surface area (Å²) in [5.41, 5.74) is 8.74. The fourth-order valence-corrected chi connectivity index (χ4v) is 10.2. The molecule has 0 unspecified atom stereocenters. The topological polar surface area (TPSA) is 166 Å². The number of rotatable bonds is 4. The molecule has 0 saturated carbocycles. The highest BCUT2D eigenvalue weighted by Crippen LogP contribution is 2.55. The normalized spacial score (nSPS) is 28.8. The van der Waals surface area contributed by atoms with Crippen LogP contribution in [0, 0.1) is 11.3 Å². The number of anilines is 2. The van der Waals surface area contributed by atoms with Gasteiger partial charge in [-0.3, -0.25) is 0 Å². The minimum absolute atomic E-state index is 0.0688. The molecule has 1 spiro atoms. The highest BCUT2D eigenvalue weighted by molar-refractivity contribution is 7.16. The first-order valence-electron chi connectivity index (χ1n) is 16.5. The van der Waals surface area contributed by atoms with Crippen molar-refractivity contribution in [3.63, 3.8) is 0 Å². The number of aliphatic hydroxyl groups excluding tert-OH is 1. The SMILES string of the molecule is C[C@@H]([C@@H]1CCCN1C)n1ncc2c(N3C[C@@H](O)C[C@@](C)(O)C3)nc(-c3noc4c3CCC[C@@]43CCCc4sc(N)c(C#N)c43)nc21. The van der Waals surface area contributed by atoms with E-state index in [0.29, 0.717) is 59.1 Å². The van der Waals surface area contributed by atoms with Crippen molar-refractivity contribution < 1.29 is 14.7 Å². The number of aromatic nitrogens is 5. The van der Waals surface area contributed by atoms with Gasteiger partial charge in [-0.2, -0.15) is 10.4 Å². The number of likely N-dealkylation sites (tertiary alicyclic amines) is 1. The Balaban J connectivity index is 1.30. The van der Waals surface area contributed by atoms with Gasteiger partial charge in [-0.15, -0.1) is 11.3 Å². The van der Waals surface area contributed by atoms with E-state index in [1.165, 1.54) is 16.2 Å². The summed E-state index contributed by atoms with van der Waals surface area (Å²) < 4.78 is 8.31. The second-order valence-electron chi connectivity index (χ2n) is 14.2. The lowest BCUT2D eigenvalue weighted by Gasteiger charge is -2.40. The maximum atomic E-state index is 11.1. The van der Waals surface area contributed by atoms with E-state index in [2.05, 4.69) is 30.1 Å². The first-order valence-corrected chi connectivity index (χ1v) is 17.3. The summed E-state index contributed by atoms with van der Waals surface area (Å²) in [5.74, 6) is 1.87. The molecule has 242 valence electrons. The van der Waals surface area contributed by atoms with E-state index in [4.69, 9.17) is 25.3 Å². The molecule has 2 fully saturated rings. The van der Waals surface area contributed by atoms with Crippen LogP contribution in [0.2, 0.25) is 0 Å². The van der Waals surface area contributed by atoms with Gasteiger partial charge in [-0.05, 0) is 84.4 Å². The van der Waals surface area contributed by atoms with Crippen molar-refractivity contribution in [2.24, 2.45) is 0 Å². The largest absolute Gasteiger partial charge is 0.391 e. The Morgan fingerprint density at radius 1 is 1.22 bits per heavy atom. The predicted octanol–water partition coefficient (Wildman–Crippen LogP) is 3.93. The first kappa shape index (κ1) is 29.8. The van der Waals surface area contributed by atoms with Crippen LogP contribution < -0.4 is 10.6 Å². The highest BCUT2D eigenvalue weighted by Gasteiger charge is 2.49. The Bertz CT molecular complexity index is 1870. The summed E-state index contributed by atoms with van der Waals surface area (Å²) in [7, 11) is 2.16. The van der Waals surface area contributed by atoms with Gasteiger partial charge in [0.15, 0.2) is 22.9 Å². The molecule has 0 bridgehead atoms. The lowest BCUT2D eigenvalue weighted by Crippen LogP contribution is -2.52. The van der Waals surface area contributed by atoms with Gasteiger partial charge in [0.1, 0.15) is 16.9 Å². The van der Waals surface area contributed by atoms with Crippen LogP contribution in [0.25, 0.3) is 22.6 Å². The molecule has 13 heteroatoms. The van der Waals surface area contributed by atoms with Crippen LogP contribution >= 0.6 is 11.3 Å². The molecule has 0 radical (unpaired) electrons. The van der Waals surface area contributed by atoms with Crippen molar-refractivity contribution in [1.29, 1.82) is 5.26 Å². The standard InChI is InChI=1S/C33H41N9O3S/c1-18(23-8-6-12-40(23)3)42-31-22(15-36-42)30(41-16-19(43)13-32(2,44)17-41)37-29(38-31)26-20-7-4-10-33(27(20)45-39-26)11-5-9-24-25(33)21(14-34)28(35)46-24/h15,18-19,23,43-44H,4-13,16-17,35H2,1-3H3/t18-,19-,23-,32+,33-/m0/s1. The number of piperidine rings is 1. The number of aliphatic hydroxyl groups is 2. The Labute approximate surface area is 271 Å². The van der Waals surface area contributed by atoms with E-state index < -0.39 is 17.1 Å². The number of nitriles is 1. The van der Waals surface area contributed by atoms with E-state index in [1.807, 2.05) is 15.8 Å². The van der Waals surface area contributed by atoms with Crippen LogP contribution in [0.15, 0.2) is 10.7 Å². The molecular weight excluding hydrogens is 602 g/mol. The Hall–Kier alpha value is -3.57. The van der Waals surface area contributed by atoms with Gasteiger partial charge in [-0.1, -0.05) is 5.16 Å². The zero-order valence-electron chi connectivity index (χ0n) is 26.7. The summed E-state index contributed by atoms with van der Waals surface area (Å²) in [6, 6.07) is 2.79. The van der Waals surface area contributed by atoms with Gasteiger partial charge >= 0.3 is 0 Å². The number of nitrogens with two attached hydrogens (primary N) is 1.